The maximum absolute atomic E-state index is 12.8. The molecule has 9 heteroatoms. The van der Waals surface area contributed by atoms with E-state index in [0.29, 0.717) is 23.9 Å². The molecule has 0 heterocycles. The van der Waals surface area contributed by atoms with Crippen LogP contribution >= 0.6 is 7.82 Å². The third-order valence-electron chi connectivity index (χ3n) is 9.71. The number of nitrogens with zero attached hydrogens (tertiary/aromatic N) is 1. The molecule has 0 aromatic rings. The van der Waals surface area contributed by atoms with E-state index in [2.05, 4.69) is 104 Å². The van der Waals surface area contributed by atoms with Crippen molar-refractivity contribution in [3.63, 3.8) is 0 Å². The fourth-order valence-corrected chi connectivity index (χ4v) is 6.69. The zero-order valence-electron chi connectivity index (χ0n) is 39.3. The second kappa shape index (κ2) is 42.5. The highest BCUT2D eigenvalue weighted by Gasteiger charge is 2.23. The molecule has 0 aromatic carbocycles. The van der Waals surface area contributed by atoms with E-state index >= 15 is 0 Å². The highest BCUT2D eigenvalue weighted by atomic mass is 31.2. The molecule has 8 nitrogen and oxygen atoms in total. The Morgan fingerprint density at radius 3 is 1.51 bits per heavy atom. The smallest absolute Gasteiger partial charge is 0.268 e. The van der Waals surface area contributed by atoms with Gasteiger partial charge < -0.3 is 28.8 Å². The van der Waals surface area contributed by atoms with Crippen LogP contribution in [0, 0.1) is 0 Å². The van der Waals surface area contributed by atoms with Gasteiger partial charge in [0.25, 0.3) is 7.82 Å². The molecule has 1 amide bonds. The van der Waals surface area contributed by atoms with Gasteiger partial charge in [0.15, 0.2) is 0 Å². The Hall–Kier alpha value is -2.84. The van der Waals surface area contributed by atoms with Crippen LogP contribution in [0.2, 0.25) is 0 Å². The summed E-state index contributed by atoms with van der Waals surface area (Å²) in [5.41, 5.74) is 0. The number of phosphoric ester groups is 1. The summed E-state index contributed by atoms with van der Waals surface area (Å²) in [4.78, 5) is 25.3. The standard InChI is InChI=1S/C52H89N2O6P/c1-6-8-10-12-14-16-18-20-22-24-26-28-29-31-33-35-37-39-41-43-45-51(55)50(49-60-61(57,58)59-48-47-54(3,4)5)53-52(56)46-44-42-40-38-36-34-32-30-27-25-23-21-19-17-15-13-11-9-7-2/h9,11,15,17,21,23,27-30,34-37,40,42-43,45,50-51,55H,6-8,10,12-14,16,18-20,22,24-26,31-33,38-39,41,44,46-49H2,1-5H3,(H-,53,56,57,58)/b11-9-,17-15-,23-21-,29-28+,30-27-,36-34-,37-35+,42-40-,45-43+. The number of hydrogen-bond acceptors (Lipinski definition) is 6. The van der Waals surface area contributed by atoms with E-state index in [-0.39, 0.29) is 18.9 Å². The summed E-state index contributed by atoms with van der Waals surface area (Å²) >= 11 is 0. The highest BCUT2D eigenvalue weighted by Crippen LogP contribution is 2.38. The maximum Gasteiger partial charge on any atom is 0.268 e. The summed E-state index contributed by atoms with van der Waals surface area (Å²) in [7, 11) is 1.17. The predicted molar refractivity (Wildman–Crippen MR) is 260 cm³/mol. The van der Waals surface area contributed by atoms with E-state index in [9.17, 15) is 19.4 Å². The number of carbonyl (C=O) groups is 1. The fourth-order valence-electron chi connectivity index (χ4n) is 5.97. The van der Waals surface area contributed by atoms with Gasteiger partial charge >= 0.3 is 0 Å². The quantitative estimate of drug-likeness (QED) is 0.0274. The van der Waals surface area contributed by atoms with Crippen molar-refractivity contribution in [1.29, 1.82) is 0 Å². The Morgan fingerprint density at radius 2 is 1.02 bits per heavy atom. The zero-order chi connectivity index (χ0) is 45.0. The van der Waals surface area contributed by atoms with Crippen molar-refractivity contribution in [3.8, 4) is 0 Å². The number of aliphatic hydroxyl groups is 1. The molecule has 0 aromatic heterocycles. The van der Waals surface area contributed by atoms with Crippen LogP contribution in [-0.4, -0.2) is 68.5 Å². The van der Waals surface area contributed by atoms with Crippen molar-refractivity contribution >= 4 is 13.7 Å². The van der Waals surface area contributed by atoms with Crippen molar-refractivity contribution in [2.75, 3.05) is 40.9 Å². The van der Waals surface area contributed by atoms with Gasteiger partial charge in [-0.25, -0.2) is 0 Å². The van der Waals surface area contributed by atoms with Gasteiger partial charge in [0, 0.05) is 6.42 Å². The lowest BCUT2D eigenvalue weighted by atomic mass is 10.1. The van der Waals surface area contributed by atoms with Crippen LogP contribution in [0.5, 0.6) is 0 Å². The summed E-state index contributed by atoms with van der Waals surface area (Å²) in [6, 6.07) is -0.957. The van der Waals surface area contributed by atoms with E-state index in [1.54, 1.807) is 6.08 Å². The average Bonchev–Trinajstić information content (AvgIpc) is 3.21. The van der Waals surface area contributed by atoms with E-state index < -0.39 is 26.6 Å². The van der Waals surface area contributed by atoms with Crippen LogP contribution in [0.1, 0.15) is 162 Å². The summed E-state index contributed by atoms with van der Waals surface area (Å²) in [5.74, 6) is -0.298. The number of likely N-dealkylation sites (N-methyl/N-ethyl adjacent to an activating group) is 1. The van der Waals surface area contributed by atoms with E-state index in [1.165, 1.54) is 70.6 Å². The molecule has 0 saturated heterocycles. The molecule has 0 aliphatic rings. The number of rotatable bonds is 41. The number of unbranched alkanes of at least 4 members (excludes halogenated alkanes) is 12. The van der Waals surface area contributed by atoms with Crippen LogP contribution in [-0.2, 0) is 18.4 Å². The Bertz CT molecular complexity index is 1350. The van der Waals surface area contributed by atoms with Crippen molar-refractivity contribution in [2.45, 2.75) is 174 Å². The first kappa shape index (κ1) is 58.2. The van der Waals surface area contributed by atoms with Gasteiger partial charge in [-0.15, -0.1) is 0 Å². The predicted octanol–water partition coefficient (Wildman–Crippen LogP) is 13.1. The SMILES string of the molecule is CC/C=C\C/C=C\C/C=C\C/C=C\C/C=C\C/C=C\CCC(=O)NC(COP(=O)([O-])OCC[N+](C)(C)C)C(O)/C=C/CC/C=C/CC/C=C/CCCCCCCCCCCC. The molecular formula is C52H89N2O6P. The summed E-state index contributed by atoms with van der Waals surface area (Å²) in [5, 5.41) is 13.7. The Morgan fingerprint density at radius 1 is 0.590 bits per heavy atom. The lowest BCUT2D eigenvalue weighted by Gasteiger charge is -2.29. The highest BCUT2D eigenvalue weighted by molar-refractivity contribution is 7.45. The van der Waals surface area contributed by atoms with Crippen LogP contribution in [0.15, 0.2) is 109 Å². The third kappa shape index (κ3) is 45.0. The van der Waals surface area contributed by atoms with Gasteiger partial charge in [-0.3, -0.25) is 9.36 Å². The first-order chi connectivity index (χ1) is 29.5. The minimum atomic E-state index is -4.63. The van der Waals surface area contributed by atoms with E-state index in [0.717, 1.165) is 57.8 Å². The van der Waals surface area contributed by atoms with Gasteiger partial charge in [0.05, 0.1) is 39.9 Å². The van der Waals surface area contributed by atoms with Gasteiger partial charge in [0.2, 0.25) is 5.91 Å². The normalized spacial score (nSPS) is 15.2. The molecule has 0 saturated carbocycles. The molecule has 0 fully saturated rings. The molecule has 0 aliphatic heterocycles. The number of carbonyl (C=O) groups excluding carboxylic acids is 1. The van der Waals surface area contributed by atoms with Crippen molar-refractivity contribution in [2.24, 2.45) is 0 Å². The molecule has 0 radical (unpaired) electrons. The second-order valence-electron chi connectivity index (χ2n) is 16.7. The minimum absolute atomic E-state index is 0.0288. The van der Waals surface area contributed by atoms with Crippen LogP contribution in [0.3, 0.4) is 0 Å². The average molecular weight is 869 g/mol. The largest absolute Gasteiger partial charge is 0.756 e. The number of hydrogen-bond donors (Lipinski definition) is 2. The lowest BCUT2D eigenvalue weighted by Crippen LogP contribution is -2.45. The molecule has 348 valence electrons. The lowest BCUT2D eigenvalue weighted by molar-refractivity contribution is -0.870. The number of quaternary nitrogens is 1. The first-order valence-electron chi connectivity index (χ1n) is 23.7. The number of aliphatic hydroxyl groups excluding tert-OH is 1. The van der Waals surface area contributed by atoms with Gasteiger partial charge in [-0.2, -0.15) is 0 Å². The number of allylic oxidation sites excluding steroid dienone is 17. The Kier molecular flexibility index (Phi) is 40.5. The second-order valence-corrected chi connectivity index (χ2v) is 18.1. The van der Waals surface area contributed by atoms with Crippen molar-refractivity contribution < 1.29 is 32.9 Å². The maximum atomic E-state index is 12.8. The monoisotopic (exact) mass is 869 g/mol. The number of phosphoric acid groups is 1. The molecular weight excluding hydrogens is 780 g/mol. The molecule has 2 N–H and O–H groups in total. The summed E-state index contributed by atoms with van der Waals surface area (Å²) < 4.78 is 23.2. The van der Waals surface area contributed by atoms with Crippen molar-refractivity contribution in [1.82, 2.24) is 5.32 Å². The fraction of sp³-hybridized carbons (Fsp3) is 0.635. The van der Waals surface area contributed by atoms with Gasteiger partial charge in [0.1, 0.15) is 13.2 Å². The Balaban J connectivity index is 4.61. The molecule has 0 aliphatic carbocycles. The Labute approximate surface area is 374 Å². The topological polar surface area (TPSA) is 108 Å². The number of amides is 1. The molecule has 0 bridgehead atoms. The van der Waals surface area contributed by atoms with Crippen molar-refractivity contribution in [3.05, 3.63) is 109 Å². The zero-order valence-corrected chi connectivity index (χ0v) is 40.2. The third-order valence-corrected chi connectivity index (χ3v) is 10.7. The molecule has 3 atom stereocenters. The van der Waals surface area contributed by atoms with Crippen LogP contribution < -0.4 is 10.2 Å². The summed E-state index contributed by atoms with van der Waals surface area (Å²) in [6.45, 7) is 4.42. The van der Waals surface area contributed by atoms with Gasteiger partial charge in [-0.05, 0) is 83.5 Å². The molecule has 3 unspecified atom stereocenters. The first-order valence-corrected chi connectivity index (χ1v) is 25.2. The van der Waals surface area contributed by atoms with Crippen LogP contribution in [0.25, 0.3) is 0 Å². The van der Waals surface area contributed by atoms with Gasteiger partial charge in [-0.1, -0.05) is 181 Å². The molecule has 61 heavy (non-hydrogen) atoms. The van der Waals surface area contributed by atoms with E-state index in [4.69, 9.17) is 9.05 Å². The minimum Gasteiger partial charge on any atom is -0.756 e. The molecule has 0 rings (SSSR count). The number of nitrogens with one attached hydrogen (secondary N) is 1. The van der Waals surface area contributed by atoms with E-state index in [1.807, 2.05) is 39.4 Å². The summed E-state index contributed by atoms with van der Waals surface area (Å²) in [6.07, 6.45) is 61.6. The molecule has 0 spiro atoms. The van der Waals surface area contributed by atoms with Crippen LogP contribution in [0.4, 0.5) is 0 Å².